The van der Waals surface area contributed by atoms with Crippen LogP contribution < -0.4 is 5.32 Å². The largest absolute Gasteiger partial charge is 0.361 e. The summed E-state index contributed by atoms with van der Waals surface area (Å²) in [5, 5.41) is 7.82. The van der Waals surface area contributed by atoms with Gasteiger partial charge in [-0.05, 0) is 26.3 Å². The van der Waals surface area contributed by atoms with Crippen molar-refractivity contribution in [1.29, 1.82) is 0 Å². The number of nitrogens with one attached hydrogen (secondary N) is 1. The average Bonchev–Trinajstić information content (AvgIpc) is 2.83. The van der Waals surface area contributed by atoms with Crippen LogP contribution in [0.25, 0.3) is 11.3 Å². The van der Waals surface area contributed by atoms with Gasteiger partial charge in [-0.1, -0.05) is 41.9 Å². The number of benzene rings is 1. The van der Waals surface area contributed by atoms with Gasteiger partial charge in [0.2, 0.25) is 0 Å². The van der Waals surface area contributed by atoms with Crippen LogP contribution in [0.4, 0.5) is 0 Å². The van der Waals surface area contributed by atoms with Crippen molar-refractivity contribution in [2.75, 3.05) is 6.54 Å². The van der Waals surface area contributed by atoms with Crippen molar-refractivity contribution in [3.63, 3.8) is 0 Å². The van der Waals surface area contributed by atoms with Crippen LogP contribution in [0.1, 0.15) is 36.6 Å². The summed E-state index contributed by atoms with van der Waals surface area (Å²) in [6, 6.07) is 10.7. The SMILES string of the molecule is Cc1onc(-c2ccccc2)c1C1CCCCN1. The molecular formula is C15H18N2O. The second kappa shape index (κ2) is 4.94. The van der Waals surface area contributed by atoms with Crippen molar-refractivity contribution in [3.8, 4) is 11.3 Å². The number of hydrogen-bond donors (Lipinski definition) is 1. The van der Waals surface area contributed by atoms with Gasteiger partial charge in [0.15, 0.2) is 0 Å². The summed E-state index contributed by atoms with van der Waals surface area (Å²) in [4.78, 5) is 0. The molecule has 1 atom stereocenters. The molecule has 3 nitrogen and oxygen atoms in total. The van der Waals surface area contributed by atoms with Crippen molar-refractivity contribution in [2.45, 2.75) is 32.2 Å². The molecule has 1 aliphatic heterocycles. The van der Waals surface area contributed by atoms with Crippen LogP contribution in [0.15, 0.2) is 34.9 Å². The van der Waals surface area contributed by atoms with Gasteiger partial charge in [0, 0.05) is 17.2 Å². The second-order valence-corrected chi connectivity index (χ2v) is 4.87. The first kappa shape index (κ1) is 11.5. The van der Waals surface area contributed by atoms with Crippen LogP contribution in [-0.4, -0.2) is 11.7 Å². The summed E-state index contributed by atoms with van der Waals surface area (Å²) in [6.45, 7) is 3.09. The zero-order chi connectivity index (χ0) is 12.4. The number of rotatable bonds is 2. The molecule has 0 radical (unpaired) electrons. The molecule has 1 aromatic heterocycles. The molecule has 1 N–H and O–H groups in total. The summed E-state index contributed by atoms with van der Waals surface area (Å²) < 4.78 is 5.41. The molecule has 1 aromatic carbocycles. The highest BCUT2D eigenvalue weighted by molar-refractivity contribution is 5.64. The lowest BCUT2D eigenvalue weighted by Gasteiger charge is -2.23. The fourth-order valence-electron chi connectivity index (χ4n) is 2.69. The molecule has 2 aromatic rings. The fourth-order valence-corrected chi connectivity index (χ4v) is 2.69. The van der Waals surface area contributed by atoms with Crippen LogP contribution in [-0.2, 0) is 0 Å². The molecule has 3 rings (SSSR count). The van der Waals surface area contributed by atoms with Crippen LogP contribution >= 0.6 is 0 Å². The molecule has 18 heavy (non-hydrogen) atoms. The van der Waals surface area contributed by atoms with E-state index in [1.54, 1.807) is 0 Å². The smallest absolute Gasteiger partial charge is 0.139 e. The van der Waals surface area contributed by atoms with Gasteiger partial charge in [-0.15, -0.1) is 0 Å². The van der Waals surface area contributed by atoms with Gasteiger partial charge in [0.1, 0.15) is 11.5 Å². The highest BCUT2D eigenvalue weighted by Crippen LogP contribution is 2.33. The van der Waals surface area contributed by atoms with Gasteiger partial charge in [-0.25, -0.2) is 0 Å². The number of nitrogens with zero attached hydrogens (tertiary/aromatic N) is 1. The van der Waals surface area contributed by atoms with Crippen molar-refractivity contribution >= 4 is 0 Å². The first-order valence-electron chi connectivity index (χ1n) is 6.61. The van der Waals surface area contributed by atoms with Gasteiger partial charge in [-0.2, -0.15) is 0 Å². The Morgan fingerprint density at radius 1 is 1.22 bits per heavy atom. The van der Waals surface area contributed by atoms with Gasteiger partial charge >= 0.3 is 0 Å². The molecular weight excluding hydrogens is 224 g/mol. The predicted octanol–water partition coefficient (Wildman–Crippen LogP) is 3.46. The van der Waals surface area contributed by atoms with Crippen LogP contribution in [0.3, 0.4) is 0 Å². The second-order valence-electron chi connectivity index (χ2n) is 4.87. The average molecular weight is 242 g/mol. The molecule has 0 bridgehead atoms. The van der Waals surface area contributed by atoms with E-state index in [-0.39, 0.29) is 0 Å². The zero-order valence-electron chi connectivity index (χ0n) is 10.6. The fraction of sp³-hybridized carbons (Fsp3) is 0.400. The maximum absolute atomic E-state index is 5.41. The van der Waals surface area contributed by atoms with Gasteiger partial charge in [-0.3, -0.25) is 0 Å². The van der Waals surface area contributed by atoms with Crippen LogP contribution in [0.2, 0.25) is 0 Å². The quantitative estimate of drug-likeness (QED) is 0.876. The lowest BCUT2D eigenvalue weighted by Crippen LogP contribution is -2.27. The Kier molecular flexibility index (Phi) is 3.15. The monoisotopic (exact) mass is 242 g/mol. The van der Waals surface area contributed by atoms with E-state index in [1.807, 2.05) is 25.1 Å². The standard InChI is InChI=1S/C15H18N2O/c1-11-14(13-9-5-6-10-16-13)15(17-18-11)12-7-3-2-4-8-12/h2-4,7-8,13,16H,5-6,9-10H2,1H3. The molecule has 1 fully saturated rings. The lowest BCUT2D eigenvalue weighted by molar-refractivity contribution is 0.382. The summed E-state index contributed by atoms with van der Waals surface area (Å²) in [5.74, 6) is 0.938. The Bertz CT molecular complexity index is 513. The maximum atomic E-state index is 5.41. The van der Waals surface area contributed by atoms with E-state index in [0.717, 1.165) is 23.6 Å². The summed E-state index contributed by atoms with van der Waals surface area (Å²) in [6.07, 6.45) is 3.71. The molecule has 3 heteroatoms. The first-order chi connectivity index (χ1) is 8.86. The van der Waals surface area contributed by atoms with E-state index in [9.17, 15) is 0 Å². The summed E-state index contributed by atoms with van der Waals surface area (Å²) >= 11 is 0. The molecule has 0 amide bonds. The van der Waals surface area contributed by atoms with Crippen molar-refractivity contribution in [2.24, 2.45) is 0 Å². The Balaban J connectivity index is 2.01. The van der Waals surface area contributed by atoms with Crippen LogP contribution in [0, 0.1) is 6.92 Å². The Morgan fingerprint density at radius 2 is 2.06 bits per heavy atom. The molecule has 1 unspecified atom stereocenters. The molecule has 1 aliphatic rings. The van der Waals surface area contributed by atoms with E-state index >= 15 is 0 Å². The van der Waals surface area contributed by atoms with Crippen molar-refractivity contribution in [3.05, 3.63) is 41.7 Å². The van der Waals surface area contributed by atoms with Gasteiger partial charge in [0.05, 0.1) is 0 Å². The van der Waals surface area contributed by atoms with Crippen LogP contribution in [0.5, 0.6) is 0 Å². The number of piperidine rings is 1. The van der Waals surface area contributed by atoms with Crippen molar-refractivity contribution in [1.82, 2.24) is 10.5 Å². The molecule has 2 heterocycles. The minimum atomic E-state index is 0.389. The van der Waals surface area contributed by atoms with Gasteiger partial charge in [0.25, 0.3) is 0 Å². The maximum Gasteiger partial charge on any atom is 0.139 e. The highest BCUT2D eigenvalue weighted by Gasteiger charge is 2.24. The zero-order valence-corrected chi connectivity index (χ0v) is 10.6. The lowest BCUT2D eigenvalue weighted by atomic mass is 9.94. The molecule has 0 saturated carbocycles. The third-order valence-corrected chi connectivity index (χ3v) is 3.61. The molecule has 0 spiro atoms. The van der Waals surface area contributed by atoms with E-state index in [0.29, 0.717) is 6.04 Å². The predicted molar refractivity (Wildman–Crippen MR) is 71.3 cm³/mol. The Morgan fingerprint density at radius 3 is 2.78 bits per heavy atom. The third-order valence-electron chi connectivity index (χ3n) is 3.61. The van der Waals surface area contributed by atoms with E-state index in [1.165, 1.54) is 24.8 Å². The van der Waals surface area contributed by atoms with Gasteiger partial charge < -0.3 is 9.84 Å². The summed E-state index contributed by atoms with van der Waals surface area (Å²) in [7, 11) is 0. The highest BCUT2D eigenvalue weighted by atomic mass is 16.5. The molecule has 0 aliphatic carbocycles. The molecule has 94 valence electrons. The Hall–Kier alpha value is -1.61. The number of aromatic nitrogens is 1. The number of hydrogen-bond acceptors (Lipinski definition) is 3. The topological polar surface area (TPSA) is 38.1 Å². The molecule has 1 saturated heterocycles. The van der Waals surface area contributed by atoms with E-state index < -0.39 is 0 Å². The number of aryl methyl sites for hydroxylation is 1. The van der Waals surface area contributed by atoms with E-state index in [4.69, 9.17) is 4.52 Å². The third kappa shape index (κ3) is 2.06. The Labute approximate surface area is 107 Å². The normalized spacial score (nSPS) is 19.9. The first-order valence-corrected chi connectivity index (χ1v) is 6.61. The van der Waals surface area contributed by atoms with E-state index in [2.05, 4.69) is 22.6 Å². The van der Waals surface area contributed by atoms with Crippen molar-refractivity contribution < 1.29 is 4.52 Å². The minimum Gasteiger partial charge on any atom is -0.361 e. The minimum absolute atomic E-state index is 0.389. The summed E-state index contributed by atoms with van der Waals surface area (Å²) in [5.41, 5.74) is 3.37.